The van der Waals surface area contributed by atoms with Crippen LogP contribution >= 0.6 is 12.8 Å². The number of carboxylic acid groups (broad SMARTS) is 1. The molecule has 0 saturated heterocycles. The van der Waals surface area contributed by atoms with Gasteiger partial charge in [0.05, 0.1) is 11.6 Å². The van der Waals surface area contributed by atoms with Gasteiger partial charge in [0.1, 0.15) is 24.4 Å². The first-order valence-electron chi connectivity index (χ1n) is 12.1. The molecule has 0 amide bonds. The molecule has 6 nitrogen and oxygen atoms in total. The number of hydrogen-bond donors (Lipinski definition) is 3. The van der Waals surface area contributed by atoms with Gasteiger partial charge in [0.15, 0.2) is 0 Å². The van der Waals surface area contributed by atoms with Gasteiger partial charge in [-0.1, -0.05) is 18.9 Å². The molecule has 35 heavy (non-hydrogen) atoms. The zero-order valence-electron chi connectivity index (χ0n) is 20.6. The molecule has 2 aliphatic rings. The van der Waals surface area contributed by atoms with Gasteiger partial charge in [-0.25, -0.2) is 9.37 Å². The van der Waals surface area contributed by atoms with E-state index in [9.17, 15) is 9.90 Å². The molecule has 0 unspecified atom stereocenters. The summed E-state index contributed by atoms with van der Waals surface area (Å²) in [6.45, 7) is 12.1. The first-order valence-corrected chi connectivity index (χ1v) is 12.5. The molecule has 0 saturated carbocycles. The van der Waals surface area contributed by atoms with Gasteiger partial charge in [-0.2, -0.15) is 0 Å². The summed E-state index contributed by atoms with van der Waals surface area (Å²) in [5, 5.41) is 12.0. The van der Waals surface area contributed by atoms with E-state index in [0.29, 0.717) is 11.3 Å². The highest BCUT2D eigenvalue weighted by molar-refractivity contribution is 7.81. The Hall–Kier alpha value is -3.45. The average Bonchev–Trinajstić information content (AvgIpc) is 2.88. The quantitative estimate of drug-likeness (QED) is 0.165. The van der Waals surface area contributed by atoms with E-state index >= 15 is 0 Å². The molecule has 0 spiro atoms. The van der Waals surface area contributed by atoms with Crippen LogP contribution in [0.25, 0.3) is 33.4 Å². The maximum absolute atomic E-state index is 12.3. The summed E-state index contributed by atoms with van der Waals surface area (Å²) >= 11 is 4.10. The number of fused-ring (bicyclic) bond motifs is 2. The molecule has 1 aliphatic carbocycles. The van der Waals surface area contributed by atoms with E-state index in [0.717, 1.165) is 65.1 Å². The Morgan fingerprint density at radius 2 is 1.69 bits per heavy atom. The van der Waals surface area contributed by atoms with Gasteiger partial charge in [-0.05, 0) is 63.6 Å². The van der Waals surface area contributed by atoms with E-state index in [4.69, 9.17) is 4.42 Å². The van der Waals surface area contributed by atoms with Crippen molar-refractivity contribution in [2.75, 3.05) is 35.8 Å². The van der Waals surface area contributed by atoms with Crippen molar-refractivity contribution in [2.24, 2.45) is 0 Å². The average molecular weight is 491 g/mol. The van der Waals surface area contributed by atoms with Gasteiger partial charge in [0, 0.05) is 53.1 Å². The number of carboxylic acids is 1. The molecule has 7 heteroatoms. The summed E-state index contributed by atoms with van der Waals surface area (Å²) in [6, 6.07) is 17.6. The van der Waals surface area contributed by atoms with Crippen LogP contribution in [0, 0.1) is 0 Å². The van der Waals surface area contributed by atoms with Crippen molar-refractivity contribution in [1.82, 2.24) is 4.58 Å². The molecule has 2 aromatic carbocycles. The third-order valence-corrected chi connectivity index (χ3v) is 6.85. The molecule has 0 radical (unpaired) electrons. The fraction of sp³-hybridized carbons (Fsp3) is 0.286. The van der Waals surface area contributed by atoms with Crippen LogP contribution in [0.3, 0.4) is 0 Å². The highest BCUT2D eigenvalue weighted by Crippen LogP contribution is 2.42. The van der Waals surface area contributed by atoms with Crippen molar-refractivity contribution in [3.05, 3.63) is 65.5 Å². The molecule has 2 aromatic rings. The predicted octanol–water partition coefficient (Wildman–Crippen LogP) is 5.82. The van der Waals surface area contributed by atoms with E-state index < -0.39 is 5.97 Å². The summed E-state index contributed by atoms with van der Waals surface area (Å²) < 4.78 is 11.5. The van der Waals surface area contributed by atoms with Crippen LogP contribution < -0.4 is 19.6 Å². The minimum Gasteiger partial charge on any atom is -0.478 e. The maximum atomic E-state index is 12.3. The summed E-state index contributed by atoms with van der Waals surface area (Å²) in [7, 11) is 0. The highest BCUT2D eigenvalue weighted by atomic mass is 32.1. The lowest BCUT2D eigenvalue weighted by Crippen LogP contribution is -2.29. The monoisotopic (exact) mass is 490 g/mol. The second-order valence-corrected chi connectivity index (χ2v) is 8.58. The van der Waals surface area contributed by atoms with Crippen LogP contribution in [0.15, 0.2) is 59.0 Å². The van der Waals surface area contributed by atoms with E-state index in [1.54, 1.807) is 6.07 Å². The van der Waals surface area contributed by atoms with Crippen molar-refractivity contribution < 1.29 is 14.3 Å². The second-order valence-electron chi connectivity index (χ2n) is 8.36. The summed E-state index contributed by atoms with van der Waals surface area (Å²) in [5.41, 5.74) is 4.99. The van der Waals surface area contributed by atoms with Crippen LogP contribution in [-0.2, 0) is 0 Å². The topological polar surface area (TPSA) is 68.7 Å². The Labute approximate surface area is 211 Å². The molecule has 0 bridgehead atoms. The Balaban J connectivity index is 2.13. The highest BCUT2D eigenvalue weighted by Gasteiger charge is 2.23. The Bertz CT molecular complexity index is 1420. The minimum absolute atomic E-state index is 0.207. The number of anilines is 2. The number of aromatic carboxylic acids is 1. The predicted molar refractivity (Wildman–Crippen MR) is 148 cm³/mol. The normalized spacial score (nSPS) is 11.1. The van der Waals surface area contributed by atoms with Crippen LogP contribution in [0.2, 0.25) is 0 Å². The molecule has 0 fully saturated rings. The molecule has 1 aliphatic heterocycles. The summed E-state index contributed by atoms with van der Waals surface area (Å²) in [5.74, 6) is -0.270. The van der Waals surface area contributed by atoms with Crippen molar-refractivity contribution in [2.45, 2.75) is 27.7 Å². The fourth-order valence-corrected chi connectivity index (χ4v) is 4.88. The Kier molecular flexibility index (Phi) is 7.36. The number of benzene rings is 3. The third-order valence-electron chi connectivity index (χ3n) is 6.59. The SMILES string of the molecule is CCN(CC)c1ccc2c(-c3ccc(NS)cc3C(=O)O)c3ccc(=[N+](CC)CC)cc-3oc2c1. The summed E-state index contributed by atoms with van der Waals surface area (Å²) in [4.78, 5) is 14.6. The van der Waals surface area contributed by atoms with Crippen LogP contribution in [0.4, 0.5) is 11.4 Å². The van der Waals surface area contributed by atoms with E-state index in [1.165, 1.54) is 0 Å². The van der Waals surface area contributed by atoms with Gasteiger partial charge in [-0.3, -0.25) is 0 Å². The number of thiol groups is 1. The van der Waals surface area contributed by atoms with Gasteiger partial charge < -0.3 is 19.1 Å². The minimum atomic E-state index is -0.993. The fourth-order valence-electron chi connectivity index (χ4n) is 4.74. The maximum Gasteiger partial charge on any atom is 0.336 e. The molecule has 0 aromatic heterocycles. The largest absolute Gasteiger partial charge is 0.478 e. The lowest BCUT2D eigenvalue weighted by molar-refractivity contribution is 0.0698. The number of rotatable bonds is 8. The molecule has 2 N–H and O–H groups in total. The number of nitrogens with zero attached hydrogens (tertiary/aromatic N) is 2. The van der Waals surface area contributed by atoms with Crippen LogP contribution in [-0.4, -0.2) is 37.3 Å². The first-order chi connectivity index (χ1) is 16.9. The summed E-state index contributed by atoms with van der Waals surface area (Å²) in [6.07, 6.45) is 0. The molecular formula is C28H32N3O3S+. The van der Waals surface area contributed by atoms with Crippen molar-refractivity contribution in [1.29, 1.82) is 0 Å². The van der Waals surface area contributed by atoms with Crippen LogP contribution in [0.1, 0.15) is 38.1 Å². The molecular weight excluding hydrogens is 458 g/mol. The number of nitrogens with one attached hydrogen (secondary N) is 1. The zero-order valence-corrected chi connectivity index (χ0v) is 21.5. The molecule has 4 rings (SSSR count). The van der Waals surface area contributed by atoms with Crippen LogP contribution in [0.5, 0.6) is 0 Å². The molecule has 1 heterocycles. The lowest BCUT2D eigenvalue weighted by atomic mass is 9.90. The Morgan fingerprint density at radius 1 is 0.971 bits per heavy atom. The van der Waals surface area contributed by atoms with Gasteiger partial charge >= 0.3 is 5.97 Å². The van der Waals surface area contributed by atoms with Gasteiger partial charge in [0.25, 0.3) is 0 Å². The van der Waals surface area contributed by atoms with Gasteiger partial charge in [0.2, 0.25) is 5.36 Å². The van der Waals surface area contributed by atoms with Crippen molar-refractivity contribution >= 4 is 41.1 Å². The third kappa shape index (κ3) is 4.60. The van der Waals surface area contributed by atoms with E-state index in [2.05, 4.69) is 79.0 Å². The Morgan fingerprint density at radius 3 is 2.31 bits per heavy atom. The first kappa shape index (κ1) is 24.7. The zero-order chi connectivity index (χ0) is 25.1. The van der Waals surface area contributed by atoms with Crippen molar-refractivity contribution in [3.63, 3.8) is 0 Å². The number of carbonyl (C=O) groups is 1. The van der Waals surface area contributed by atoms with Gasteiger partial charge in [-0.15, -0.1) is 0 Å². The lowest BCUT2D eigenvalue weighted by Gasteiger charge is -2.22. The smallest absolute Gasteiger partial charge is 0.336 e. The second kappa shape index (κ2) is 10.4. The molecule has 182 valence electrons. The van der Waals surface area contributed by atoms with E-state index in [1.807, 2.05) is 24.3 Å². The van der Waals surface area contributed by atoms with E-state index in [-0.39, 0.29) is 5.56 Å². The standard InChI is InChI=1S/C28H31N3O3S/c1-5-30(6-2)19-10-13-22-25(16-19)34-26-17-20(31(7-3)8-4)11-14-23(26)27(22)21-12-9-18(29-35)15-24(21)28(32)33/h9-17H,5-8H2,1-4H3,(H2,32,33,35)/p+1. The van der Waals surface area contributed by atoms with Crippen molar-refractivity contribution in [3.8, 4) is 22.5 Å². The number of hydrogen-bond acceptors (Lipinski definition) is 5. The molecule has 0 atom stereocenters.